The van der Waals surface area contributed by atoms with Gasteiger partial charge in [0.25, 0.3) is 0 Å². The molecule has 1 amide bonds. The van der Waals surface area contributed by atoms with Crippen LogP contribution in [-0.2, 0) is 21.2 Å². The molecule has 3 rings (SSSR count). The van der Waals surface area contributed by atoms with E-state index < -0.39 is 10.0 Å². The topological polar surface area (TPSA) is 66.5 Å². The van der Waals surface area contributed by atoms with E-state index in [1.807, 2.05) is 30.3 Å². The first kappa shape index (κ1) is 22.8. The van der Waals surface area contributed by atoms with Crippen LogP contribution in [0.1, 0.15) is 37.7 Å². The summed E-state index contributed by atoms with van der Waals surface area (Å²) >= 11 is 1.79. The van der Waals surface area contributed by atoms with Gasteiger partial charge < -0.3 is 5.32 Å². The Labute approximate surface area is 184 Å². The fourth-order valence-electron chi connectivity index (χ4n) is 3.44. The largest absolute Gasteiger partial charge is 0.356 e. The first-order chi connectivity index (χ1) is 14.6. The molecule has 7 heteroatoms. The Morgan fingerprint density at radius 3 is 2.37 bits per heavy atom. The summed E-state index contributed by atoms with van der Waals surface area (Å²) in [5.74, 6) is 1.00. The first-order valence-electron chi connectivity index (χ1n) is 10.6. The fourth-order valence-corrected chi connectivity index (χ4v) is 5.83. The van der Waals surface area contributed by atoms with Crippen LogP contribution >= 0.6 is 11.8 Å². The maximum Gasteiger partial charge on any atom is 0.243 e. The fraction of sp³-hybridized carbons (Fsp3) is 0.435. The maximum absolute atomic E-state index is 12.7. The number of amides is 1. The number of rotatable bonds is 10. The summed E-state index contributed by atoms with van der Waals surface area (Å²) in [5.41, 5.74) is 0.974. The third-order valence-electron chi connectivity index (χ3n) is 5.17. The molecule has 1 saturated heterocycles. The molecule has 1 heterocycles. The molecule has 0 atom stereocenters. The summed E-state index contributed by atoms with van der Waals surface area (Å²) < 4.78 is 27.0. The average molecular weight is 447 g/mol. The second kappa shape index (κ2) is 11.5. The normalized spacial score (nSPS) is 15.1. The standard InChI is InChI=1S/C23H30N2O3S2/c26-23(24-16-7-19-29-21-8-3-1-4-9-21)15-12-20-10-13-22(14-11-20)30(27,28)25-17-5-2-6-18-25/h1,3-4,8-11,13-14H,2,5-7,12,15-19H2,(H,24,26). The van der Waals surface area contributed by atoms with Gasteiger partial charge in [-0.15, -0.1) is 11.8 Å². The Bertz CT molecular complexity index is 894. The van der Waals surface area contributed by atoms with Crippen molar-refractivity contribution < 1.29 is 13.2 Å². The Hall–Kier alpha value is -1.83. The highest BCUT2D eigenvalue weighted by Crippen LogP contribution is 2.21. The van der Waals surface area contributed by atoms with Crippen LogP contribution in [0.3, 0.4) is 0 Å². The van der Waals surface area contributed by atoms with Crippen molar-refractivity contribution in [1.82, 2.24) is 9.62 Å². The van der Waals surface area contributed by atoms with Gasteiger partial charge in [0.1, 0.15) is 0 Å². The van der Waals surface area contributed by atoms with Crippen LogP contribution in [0, 0.1) is 0 Å². The van der Waals surface area contributed by atoms with Crippen LogP contribution in [0.25, 0.3) is 0 Å². The molecule has 0 aromatic heterocycles. The van der Waals surface area contributed by atoms with Crippen LogP contribution in [0.15, 0.2) is 64.4 Å². The summed E-state index contributed by atoms with van der Waals surface area (Å²) in [7, 11) is -3.40. The summed E-state index contributed by atoms with van der Waals surface area (Å²) in [5, 5.41) is 2.96. The molecule has 30 heavy (non-hydrogen) atoms. The molecule has 0 radical (unpaired) electrons. The average Bonchev–Trinajstić information content (AvgIpc) is 2.79. The van der Waals surface area contributed by atoms with Crippen molar-refractivity contribution in [2.45, 2.75) is 48.3 Å². The van der Waals surface area contributed by atoms with Crippen molar-refractivity contribution in [3.8, 4) is 0 Å². The lowest BCUT2D eigenvalue weighted by Crippen LogP contribution is -2.35. The van der Waals surface area contributed by atoms with E-state index in [1.54, 1.807) is 28.2 Å². The van der Waals surface area contributed by atoms with Gasteiger partial charge in [0.2, 0.25) is 15.9 Å². The third-order valence-corrected chi connectivity index (χ3v) is 8.18. The molecule has 2 aromatic rings. The maximum atomic E-state index is 12.7. The number of thioether (sulfide) groups is 1. The van der Waals surface area contributed by atoms with Crippen LogP contribution in [0.4, 0.5) is 0 Å². The van der Waals surface area contributed by atoms with Gasteiger partial charge >= 0.3 is 0 Å². The Morgan fingerprint density at radius 1 is 0.967 bits per heavy atom. The molecule has 0 unspecified atom stereocenters. The van der Waals surface area contributed by atoms with Crippen LogP contribution < -0.4 is 5.32 Å². The molecule has 0 bridgehead atoms. The molecule has 2 aromatic carbocycles. The zero-order chi connectivity index (χ0) is 21.2. The quantitative estimate of drug-likeness (QED) is 0.441. The smallest absolute Gasteiger partial charge is 0.243 e. The van der Waals surface area contributed by atoms with Gasteiger partial charge in [-0.3, -0.25) is 4.79 Å². The lowest BCUT2D eigenvalue weighted by molar-refractivity contribution is -0.121. The molecule has 1 aliphatic rings. The minimum atomic E-state index is -3.40. The SMILES string of the molecule is O=C(CCc1ccc(S(=O)(=O)N2CCCCC2)cc1)NCCCSc1ccccc1. The van der Waals surface area contributed by atoms with Gasteiger partial charge in [-0.25, -0.2) is 8.42 Å². The molecule has 0 saturated carbocycles. The number of sulfonamides is 1. The van der Waals surface area contributed by atoms with E-state index in [4.69, 9.17) is 0 Å². The lowest BCUT2D eigenvalue weighted by Gasteiger charge is -2.25. The van der Waals surface area contributed by atoms with E-state index >= 15 is 0 Å². The molecule has 1 fully saturated rings. The van der Waals surface area contributed by atoms with Gasteiger partial charge in [-0.1, -0.05) is 36.8 Å². The molecule has 5 nitrogen and oxygen atoms in total. The number of hydrogen-bond acceptors (Lipinski definition) is 4. The van der Waals surface area contributed by atoms with Crippen LogP contribution in [0.5, 0.6) is 0 Å². The summed E-state index contributed by atoms with van der Waals surface area (Å²) in [6.45, 7) is 1.88. The van der Waals surface area contributed by atoms with Crippen molar-refractivity contribution in [2.24, 2.45) is 0 Å². The van der Waals surface area contributed by atoms with Gasteiger partial charge in [-0.05, 0) is 61.3 Å². The summed E-state index contributed by atoms with van der Waals surface area (Å²) in [4.78, 5) is 13.6. The summed E-state index contributed by atoms with van der Waals surface area (Å²) in [6, 6.07) is 17.2. The van der Waals surface area contributed by atoms with Gasteiger partial charge in [0, 0.05) is 31.0 Å². The minimum Gasteiger partial charge on any atom is -0.356 e. The minimum absolute atomic E-state index is 0.0322. The molecule has 1 N–H and O–H groups in total. The van der Waals surface area contributed by atoms with E-state index in [1.165, 1.54) is 4.90 Å². The number of nitrogens with zero attached hydrogens (tertiary/aromatic N) is 1. The third kappa shape index (κ3) is 6.86. The molecular formula is C23H30N2O3S2. The molecular weight excluding hydrogens is 416 g/mol. The zero-order valence-corrected chi connectivity index (χ0v) is 18.9. The highest BCUT2D eigenvalue weighted by molar-refractivity contribution is 7.99. The first-order valence-corrected chi connectivity index (χ1v) is 13.0. The second-order valence-electron chi connectivity index (χ2n) is 7.47. The van der Waals surface area contributed by atoms with Crippen LogP contribution in [0.2, 0.25) is 0 Å². The molecule has 0 aliphatic carbocycles. The van der Waals surface area contributed by atoms with E-state index in [0.29, 0.717) is 37.4 Å². The van der Waals surface area contributed by atoms with Crippen molar-refractivity contribution in [1.29, 1.82) is 0 Å². The van der Waals surface area contributed by atoms with Gasteiger partial charge in [0.05, 0.1) is 4.90 Å². The zero-order valence-electron chi connectivity index (χ0n) is 17.3. The number of carbonyl (C=O) groups is 1. The number of aryl methyl sites for hydroxylation is 1. The number of piperidine rings is 1. The van der Waals surface area contributed by atoms with E-state index in [0.717, 1.165) is 37.0 Å². The van der Waals surface area contributed by atoms with Gasteiger partial charge in [0.15, 0.2) is 0 Å². The van der Waals surface area contributed by atoms with Gasteiger partial charge in [-0.2, -0.15) is 4.31 Å². The van der Waals surface area contributed by atoms with E-state index in [-0.39, 0.29) is 5.91 Å². The Kier molecular flexibility index (Phi) is 8.78. The van der Waals surface area contributed by atoms with Crippen molar-refractivity contribution >= 4 is 27.7 Å². The van der Waals surface area contributed by atoms with Crippen molar-refractivity contribution in [3.63, 3.8) is 0 Å². The predicted octanol–water partition coefficient (Wildman–Crippen LogP) is 4.09. The van der Waals surface area contributed by atoms with E-state index in [9.17, 15) is 13.2 Å². The Morgan fingerprint density at radius 2 is 1.67 bits per heavy atom. The number of benzene rings is 2. The number of hydrogen-bond donors (Lipinski definition) is 1. The second-order valence-corrected chi connectivity index (χ2v) is 10.6. The van der Waals surface area contributed by atoms with Crippen molar-refractivity contribution in [3.05, 3.63) is 60.2 Å². The van der Waals surface area contributed by atoms with E-state index in [2.05, 4.69) is 17.4 Å². The molecule has 1 aliphatic heterocycles. The van der Waals surface area contributed by atoms with Crippen molar-refractivity contribution in [2.75, 3.05) is 25.4 Å². The number of nitrogens with one attached hydrogen (secondary N) is 1. The van der Waals surface area contributed by atoms with Crippen LogP contribution in [-0.4, -0.2) is 44.0 Å². The Balaban J connectivity index is 1.36. The lowest BCUT2D eigenvalue weighted by atomic mass is 10.1. The highest BCUT2D eigenvalue weighted by atomic mass is 32.2. The number of carbonyl (C=O) groups excluding carboxylic acids is 1. The molecule has 162 valence electrons. The molecule has 0 spiro atoms. The predicted molar refractivity (Wildman–Crippen MR) is 122 cm³/mol. The monoisotopic (exact) mass is 446 g/mol. The highest BCUT2D eigenvalue weighted by Gasteiger charge is 2.25. The summed E-state index contributed by atoms with van der Waals surface area (Å²) in [6.07, 6.45) is 4.89.